The van der Waals surface area contributed by atoms with Gasteiger partial charge in [0, 0.05) is 17.7 Å². The van der Waals surface area contributed by atoms with Crippen LogP contribution in [0.1, 0.15) is 34.8 Å². The van der Waals surface area contributed by atoms with E-state index in [2.05, 4.69) is 21.2 Å². The van der Waals surface area contributed by atoms with Gasteiger partial charge in [-0.15, -0.1) is 0 Å². The van der Waals surface area contributed by atoms with Gasteiger partial charge in [0.15, 0.2) is 17.3 Å². The summed E-state index contributed by atoms with van der Waals surface area (Å²) in [5.41, 5.74) is 3.04. The number of nitrogens with one attached hydrogen (secondary N) is 1. The van der Waals surface area contributed by atoms with Gasteiger partial charge in [-0.25, -0.2) is 0 Å². The number of carbonyl (C=O) groups excluding carboxylic acids is 2. The van der Waals surface area contributed by atoms with Crippen molar-refractivity contribution in [1.82, 2.24) is 0 Å². The van der Waals surface area contributed by atoms with Gasteiger partial charge in [-0.05, 0) is 76.8 Å². The third-order valence-corrected chi connectivity index (χ3v) is 4.67. The summed E-state index contributed by atoms with van der Waals surface area (Å²) in [4.78, 5) is 23.9. The van der Waals surface area contributed by atoms with Crippen LogP contribution in [0.15, 0.2) is 40.9 Å². The molecule has 1 aliphatic rings. The predicted octanol–water partition coefficient (Wildman–Crippen LogP) is 4.33. The second-order valence-corrected chi connectivity index (χ2v) is 6.75. The van der Waals surface area contributed by atoms with E-state index in [0.29, 0.717) is 35.2 Å². The average Bonchev–Trinajstić information content (AvgIpc) is 2.63. The van der Waals surface area contributed by atoms with Gasteiger partial charge in [0.2, 0.25) is 5.91 Å². The summed E-state index contributed by atoms with van der Waals surface area (Å²) in [7, 11) is 0. The summed E-state index contributed by atoms with van der Waals surface area (Å²) in [6.07, 6.45) is 4.23. The fourth-order valence-corrected chi connectivity index (χ4v) is 3.22. The molecule has 0 radical (unpaired) electrons. The Balaban J connectivity index is 1.81. The molecule has 0 bridgehead atoms. The average molecular weight is 416 g/mol. The Morgan fingerprint density at radius 3 is 2.88 bits per heavy atom. The summed E-state index contributed by atoms with van der Waals surface area (Å²) < 4.78 is 5.89. The smallest absolute Gasteiger partial charge is 0.224 e. The zero-order chi connectivity index (χ0) is 18.7. The number of benzene rings is 2. The van der Waals surface area contributed by atoms with E-state index in [-0.39, 0.29) is 17.4 Å². The second kappa shape index (κ2) is 7.74. The topological polar surface area (TPSA) is 75.6 Å². The monoisotopic (exact) mass is 415 g/mol. The second-order valence-electron chi connectivity index (χ2n) is 5.90. The quantitative estimate of drug-likeness (QED) is 0.562. The lowest BCUT2D eigenvalue weighted by Gasteiger charge is -2.16. The highest BCUT2D eigenvalue weighted by Crippen LogP contribution is 2.36. The molecule has 0 aromatic heterocycles. The maximum Gasteiger partial charge on any atom is 0.224 e. The van der Waals surface area contributed by atoms with E-state index in [1.54, 1.807) is 30.3 Å². The van der Waals surface area contributed by atoms with Crippen molar-refractivity contribution in [3.8, 4) is 11.5 Å². The molecule has 0 aliphatic carbocycles. The number of phenols is 1. The van der Waals surface area contributed by atoms with Gasteiger partial charge < -0.3 is 15.2 Å². The molecule has 0 atom stereocenters. The van der Waals surface area contributed by atoms with E-state index in [0.717, 1.165) is 16.8 Å². The molecule has 3 rings (SSSR count). The van der Waals surface area contributed by atoms with E-state index >= 15 is 0 Å². The molecule has 0 saturated heterocycles. The lowest BCUT2D eigenvalue weighted by atomic mass is 9.98. The van der Waals surface area contributed by atoms with Crippen molar-refractivity contribution in [1.29, 1.82) is 0 Å². The van der Waals surface area contributed by atoms with Gasteiger partial charge in [-0.2, -0.15) is 0 Å². The molecule has 2 N–H and O–H groups in total. The van der Waals surface area contributed by atoms with Crippen molar-refractivity contribution < 1.29 is 19.4 Å². The van der Waals surface area contributed by atoms with E-state index in [9.17, 15) is 14.7 Å². The van der Waals surface area contributed by atoms with E-state index in [1.165, 1.54) is 6.08 Å². The van der Waals surface area contributed by atoms with Crippen LogP contribution in [0, 0.1) is 0 Å². The Bertz CT molecular complexity index is 905. The van der Waals surface area contributed by atoms with Crippen molar-refractivity contribution in [2.45, 2.75) is 19.8 Å². The van der Waals surface area contributed by atoms with Gasteiger partial charge in [0.25, 0.3) is 0 Å². The molecule has 2 aromatic carbocycles. The lowest BCUT2D eigenvalue weighted by molar-refractivity contribution is -0.116. The number of carbonyl (C=O) groups is 2. The molecule has 1 aliphatic heterocycles. The molecule has 2 aromatic rings. The Labute approximate surface area is 159 Å². The highest BCUT2D eigenvalue weighted by molar-refractivity contribution is 9.10. The van der Waals surface area contributed by atoms with Gasteiger partial charge >= 0.3 is 0 Å². The molecule has 26 heavy (non-hydrogen) atoms. The van der Waals surface area contributed by atoms with Crippen molar-refractivity contribution in [2.75, 3.05) is 11.9 Å². The molecule has 1 heterocycles. The summed E-state index contributed by atoms with van der Waals surface area (Å²) >= 11 is 3.28. The molecule has 134 valence electrons. The maximum atomic E-state index is 12.5. The Morgan fingerprint density at radius 2 is 2.12 bits per heavy atom. The van der Waals surface area contributed by atoms with Gasteiger partial charge in [0.1, 0.15) is 0 Å². The van der Waals surface area contributed by atoms with Crippen LogP contribution in [-0.2, 0) is 11.2 Å². The summed E-state index contributed by atoms with van der Waals surface area (Å²) in [6.45, 7) is 2.26. The predicted molar refractivity (Wildman–Crippen MR) is 104 cm³/mol. The fourth-order valence-electron chi connectivity index (χ4n) is 2.76. The van der Waals surface area contributed by atoms with Crippen LogP contribution in [0.3, 0.4) is 0 Å². The van der Waals surface area contributed by atoms with Crippen LogP contribution in [0.5, 0.6) is 11.5 Å². The Hall–Kier alpha value is -2.60. The molecule has 1 amide bonds. The number of hydrogen-bond donors (Lipinski definition) is 2. The van der Waals surface area contributed by atoms with Crippen LogP contribution >= 0.6 is 15.9 Å². The highest BCUT2D eigenvalue weighted by Gasteiger charge is 2.16. The SMILES string of the molecule is CCOc1cc(/C=C/C(=O)c2ccc3c(c2)CCC(=O)N3)cc(Br)c1O. The van der Waals surface area contributed by atoms with Crippen molar-refractivity contribution in [2.24, 2.45) is 0 Å². The number of anilines is 1. The van der Waals surface area contributed by atoms with E-state index in [1.807, 2.05) is 13.0 Å². The molecular weight excluding hydrogens is 398 g/mol. The number of ketones is 1. The number of aryl methyl sites for hydroxylation is 1. The van der Waals surface area contributed by atoms with Gasteiger partial charge in [0.05, 0.1) is 11.1 Å². The normalized spacial score (nSPS) is 13.4. The molecule has 0 saturated carbocycles. The van der Waals surface area contributed by atoms with Gasteiger partial charge in [-0.1, -0.05) is 6.08 Å². The van der Waals surface area contributed by atoms with Crippen molar-refractivity contribution in [3.63, 3.8) is 0 Å². The fraction of sp³-hybridized carbons (Fsp3) is 0.200. The summed E-state index contributed by atoms with van der Waals surface area (Å²) in [5.74, 6) is 0.261. The number of rotatable bonds is 5. The number of aromatic hydroxyl groups is 1. The van der Waals surface area contributed by atoms with Crippen LogP contribution in [0.25, 0.3) is 6.08 Å². The lowest BCUT2D eigenvalue weighted by Crippen LogP contribution is -2.19. The van der Waals surface area contributed by atoms with E-state index < -0.39 is 0 Å². The number of hydrogen-bond acceptors (Lipinski definition) is 4. The molecule has 0 unspecified atom stereocenters. The zero-order valence-corrected chi connectivity index (χ0v) is 15.8. The number of halogens is 1. The number of ether oxygens (including phenoxy) is 1. The van der Waals surface area contributed by atoms with Crippen LogP contribution in [0.4, 0.5) is 5.69 Å². The molecule has 0 spiro atoms. The largest absolute Gasteiger partial charge is 0.503 e. The van der Waals surface area contributed by atoms with Crippen molar-refractivity contribution in [3.05, 3.63) is 57.6 Å². The number of allylic oxidation sites excluding steroid dienone is 1. The first kappa shape index (κ1) is 18.2. The molecule has 5 nitrogen and oxygen atoms in total. The minimum Gasteiger partial charge on any atom is -0.503 e. The van der Waals surface area contributed by atoms with Crippen LogP contribution in [0.2, 0.25) is 0 Å². The zero-order valence-electron chi connectivity index (χ0n) is 14.2. The molecule has 0 fully saturated rings. The number of fused-ring (bicyclic) bond motifs is 1. The highest BCUT2D eigenvalue weighted by atomic mass is 79.9. The van der Waals surface area contributed by atoms with Crippen molar-refractivity contribution >= 4 is 39.4 Å². The number of phenolic OH excluding ortho intramolecular Hbond substituents is 1. The maximum absolute atomic E-state index is 12.5. The summed E-state index contributed by atoms with van der Waals surface area (Å²) in [5, 5.41) is 12.7. The molecular formula is C20H18BrNO4. The van der Waals surface area contributed by atoms with Gasteiger partial charge in [-0.3, -0.25) is 9.59 Å². The third kappa shape index (κ3) is 3.96. The van der Waals surface area contributed by atoms with Crippen LogP contribution in [-0.4, -0.2) is 23.4 Å². The standard InChI is InChI=1S/C20H18BrNO4/c1-2-26-18-10-12(9-15(21)20(18)25)3-7-17(23)14-4-6-16-13(11-14)5-8-19(24)22-16/h3-4,6-7,9-11,25H,2,5,8H2,1H3,(H,22,24)/b7-3+. The third-order valence-electron chi connectivity index (χ3n) is 4.06. The first-order valence-electron chi connectivity index (χ1n) is 8.28. The van der Waals surface area contributed by atoms with E-state index in [4.69, 9.17) is 4.74 Å². The first-order valence-corrected chi connectivity index (χ1v) is 9.07. The number of amides is 1. The minimum absolute atomic E-state index is 0.000480. The first-order chi connectivity index (χ1) is 12.5. The minimum atomic E-state index is -0.133. The Morgan fingerprint density at radius 1 is 1.31 bits per heavy atom. The molecule has 6 heteroatoms. The Kier molecular flexibility index (Phi) is 5.42. The summed E-state index contributed by atoms with van der Waals surface area (Å²) in [6, 6.07) is 8.67. The van der Waals surface area contributed by atoms with Crippen LogP contribution < -0.4 is 10.1 Å².